The van der Waals surface area contributed by atoms with Crippen molar-refractivity contribution in [2.75, 3.05) is 0 Å². The van der Waals surface area contributed by atoms with Gasteiger partial charge in [-0.2, -0.15) is 0 Å². The van der Waals surface area contributed by atoms with Gasteiger partial charge in [0.15, 0.2) is 5.43 Å². The third kappa shape index (κ3) is 2.35. The summed E-state index contributed by atoms with van der Waals surface area (Å²) in [6.45, 7) is 6.65. The normalized spacial score (nSPS) is 15.2. The lowest BCUT2D eigenvalue weighted by Gasteiger charge is -2.20. The van der Waals surface area contributed by atoms with E-state index in [-0.39, 0.29) is 21.9 Å². The Kier molecular flexibility index (Phi) is 3.51. The summed E-state index contributed by atoms with van der Waals surface area (Å²) in [5, 5.41) is 0.240. The van der Waals surface area contributed by atoms with Gasteiger partial charge in [0.05, 0.1) is 10.9 Å². The van der Waals surface area contributed by atoms with E-state index < -0.39 is 5.91 Å². The monoisotopic (exact) mass is 347 g/mol. The summed E-state index contributed by atoms with van der Waals surface area (Å²) in [6.07, 6.45) is 3.67. The standard InChI is InChI=1S/C21H21N3O2/c1-11-12-6-8-21(2,3)14(12)5-4-13(11)16-10-17(25)18-15(24-16)7-9-23-19(18)20(22)26/h4-5,7,9-10H,6,8H2,1-3H3,(H2,22,26)(H,24,25). The number of nitrogens with two attached hydrogens (primary N) is 1. The second kappa shape index (κ2) is 5.53. The minimum Gasteiger partial charge on any atom is -0.364 e. The Balaban J connectivity index is 1.95. The highest BCUT2D eigenvalue weighted by molar-refractivity contribution is 6.03. The second-order valence-electron chi connectivity index (χ2n) is 7.64. The van der Waals surface area contributed by atoms with E-state index in [1.807, 2.05) is 0 Å². The minimum absolute atomic E-state index is 0.00252. The van der Waals surface area contributed by atoms with Crippen LogP contribution < -0.4 is 11.2 Å². The highest BCUT2D eigenvalue weighted by Crippen LogP contribution is 2.42. The first-order valence-corrected chi connectivity index (χ1v) is 8.75. The number of aromatic nitrogens is 2. The van der Waals surface area contributed by atoms with E-state index in [9.17, 15) is 9.59 Å². The summed E-state index contributed by atoms with van der Waals surface area (Å²) in [5.74, 6) is -0.704. The molecule has 5 nitrogen and oxygen atoms in total. The van der Waals surface area contributed by atoms with E-state index >= 15 is 0 Å². The first-order chi connectivity index (χ1) is 12.3. The summed E-state index contributed by atoms with van der Waals surface area (Å²) in [7, 11) is 0. The number of H-pyrrole nitrogens is 1. The van der Waals surface area contributed by atoms with Crippen LogP contribution in [0.15, 0.2) is 35.3 Å². The van der Waals surface area contributed by atoms with E-state index in [0.717, 1.165) is 24.1 Å². The van der Waals surface area contributed by atoms with Crippen molar-refractivity contribution in [1.82, 2.24) is 9.97 Å². The molecule has 0 saturated heterocycles. The van der Waals surface area contributed by atoms with Crippen molar-refractivity contribution in [1.29, 1.82) is 0 Å². The minimum atomic E-state index is -0.704. The molecule has 0 spiro atoms. The zero-order chi connectivity index (χ0) is 18.6. The number of amides is 1. The number of carbonyl (C=O) groups excluding carboxylic acids is 1. The van der Waals surface area contributed by atoms with Crippen LogP contribution in [0, 0.1) is 6.92 Å². The van der Waals surface area contributed by atoms with Gasteiger partial charge in [-0.3, -0.25) is 14.6 Å². The number of carbonyl (C=O) groups is 1. The maximum atomic E-state index is 12.7. The van der Waals surface area contributed by atoms with Crippen molar-refractivity contribution in [2.45, 2.75) is 39.0 Å². The van der Waals surface area contributed by atoms with Crippen LogP contribution >= 0.6 is 0 Å². The van der Waals surface area contributed by atoms with Gasteiger partial charge in [-0.05, 0) is 47.9 Å². The Morgan fingerprint density at radius 2 is 2.04 bits per heavy atom. The molecule has 26 heavy (non-hydrogen) atoms. The quantitative estimate of drug-likeness (QED) is 0.746. The SMILES string of the molecule is Cc1c(-c2cc(=O)c3c(C(N)=O)nccc3[nH]2)ccc2c1CCC2(C)C. The molecule has 0 radical (unpaired) electrons. The van der Waals surface area contributed by atoms with Crippen LogP contribution in [-0.4, -0.2) is 15.9 Å². The van der Waals surface area contributed by atoms with Crippen LogP contribution in [0.3, 0.4) is 0 Å². The smallest absolute Gasteiger partial charge is 0.268 e. The molecule has 0 aliphatic heterocycles. The molecule has 2 aromatic heterocycles. The zero-order valence-corrected chi connectivity index (χ0v) is 15.1. The summed E-state index contributed by atoms with van der Waals surface area (Å²) in [5.41, 5.74) is 11.6. The molecule has 1 aliphatic carbocycles. The number of pyridine rings is 2. The van der Waals surface area contributed by atoms with Crippen LogP contribution in [0.2, 0.25) is 0 Å². The molecule has 3 N–H and O–H groups in total. The number of nitrogens with zero attached hydrogens (tertiary/aromatic N) is 1. The Labute approximate surface area is 151 Å². The molecule has 0 fully saturated rings. The van der Waals surface area contributed by atoms with Gasteiger partial charge < -0.3 is 10.7 Å². The molecule has 132 valence electrons. The van der Waals surface area contributed by atoms with Gasteiger partial charge in [0.25, 0.3) is 5.91 Å². The van der Waals surface area contributed by atoms with E-state index in [1.165, 1.54) is 29.0 Å². The molecule has 1 aromatic carbocycles. The molecule has 0 atom stereocenters. The van der Waals surface area contributed by atoms with Gasteiger partial charge in [-0.25, -0.2) is 0 Å². The maximum absolute atomic E-state index is 12.7. The second-order valence-corrected chi connectivity index (χ2v) is 7.64. The summed E-state index contributed by atoms with van der Waals surface area (Å²) >= 11 is 0. The molecule has 5 heteroatoms. The van der Waals surface area contributed by atoms with E-state index in [2.05, 4.69) is 42.9 Å². The first kappa shape index (κ1) is 16.5. The fourth-order valence-corrected chi connectivity index (χ4v) is 4.11. The van der Waals surface area contributed by atoms with Gasteiger partial charge in [-0.15, -0.1) is 0 Å². The van der Waals surface area contributed by atoms with Crippen LogP contribution in [0.25, 0.3) is 22.2 Å². The van der Waals surface area contributed by atoms with Crippen LogP contribution in [-0.2, 0) is 11.8 Å². The Morgan fingerprint density at radius 1 is 1.27 bits per heavy atom. The predicted octanol–water partition coefficient (Wildman–Crippen LogP) is 3.22. The summed E-state index contributed by atoms with van der Waals surface area (Å²) in [4.78, 5) is 31.5. The van der Waals surface area contributed by atoms with E-state index in [4.69, 9.17) is 5.73 Å². The van der Waals surface area contributed by atoms with Crippen LogP contribution in [0.5, 0.6) is 0 Å². The molecule has 0 unspecified atom stereocenters. The lowest BCUT2D eigenvalue weighted by atomic mass is 9.85. The number of rotatable bonds is 2. The number of aromatic amines is 1. The fraction of sp³-hybridized carbons (Fsp3) is 0.286. The number of hydrogen-bond acceptors (Lipinski definition) is 3. The third-order valence-corrected chi connectivity index (χ3v) is 5.59. The van der Waals surface area contributed by atoms with Gasteiger partial charge in [0, 0.05) is 23.5 Å². The zero-order valence-electron chi connectivity index (χ0n) is 15.1. The van der Waals surface area contributed by atoms with Crippen molar-refractivity contribution in [3.05, 3.63) is 63.1 Å². The van der Waals surface area contributed by atoms with Gasteiger partial charge in [0.1, 0.15) is 5.69 Å². The van der Waals surface area contributed by atoms with Gasteiger partial charge >= 0.3 is 0 Å². The van der Waals surface area contributed by atoms with Crippen LogP contribution in [0.1, 0.15) is 47.4 Å². The molecular weight excluding hydrogens is 326 g/mol. The summed E-state index contributed by atoms with van der Waals surface area (Å²) < 4.78 is 0. The highest BCUT2D eigenvalue weighted by atomic mass is 16.1. The Bertz CT molecular complexity index is 1130. The van der Waals surface area contributed by atoms with Crippen molar-refractivity contribution < 1.29 is 4.79 Å². The predicted molar refractivity (Wildman–Crippen MR) is 102 cm³/mol. The molecular formula is C21H21N3O2. The average Bonchev–Trinajstić information content (AvgIpc) is 2.90. The number of fused-ring (bicyclic) bond motifs is 2. The lowest BCUT2D eigenvalue weighted by Crippen LogP contribution is -2.17. The number of hydrogen-bond donors (Lipinski definition) is 2. The molecule has 3 aromatic rings. The molecule has 4 rings (SSSR count). The Morgan fingerprint density at radius 3 is 2.77 bits per heavy atom. The van der Waals surface area contributed by atoms with Gasteiger partial charge in [-0.1, -0.05) is 26.0 Å². The lowest BCUT2D eigenvalue weighted by molar-refractivity contribution is 0.0997. The average molecular weight is 347 g/mol. The molecule has 1 aliphatic rings. The van der Waals surface area contributed by atoms with E-state index in [1.54, 1.807) is 6.07 Å². The molecule has 2 heterocycles. The largest absolute Gasteiger partial charge is 0.364 e. The van der Waals surface area contributed by atoms with E-state index in [0.29, 0.717) is 5.52 Å². The number of benzene rings is 1. The highest BCUT2D eigenvalue weighted by Gasteiger charge is 2.31. The van der Waals surface area contributed by atoms with Crippen molar-refractivity contribution in [3.8, 4) is 11.3 Å². The molecule has 1 amide bonds. The van der Waals surface area contributed by atoms with Crippen molar-refractivity contribution in [2.24, 2.45) is 5.73 Å². The maximum Gasteiger partial charge on any atom is 0.268 e. The molecule has 0 saturated carbocycles. The van der Waals surface area contributed by atoms with Gasteiger partial charge in [0.2, 0.25) is 0 Å². The van der Waals surface area contributed by atoms with Crippen molar-refractivity contribution >= 4 is 16.8 Å². The third-order valence-electron chi connectivity index (χ3n) is 5.59. The van der Waals surface area contributed by atoms with Crippen molar-refractivity contribution in [3.63, 3.8) is 0 Å². The first-order valence-electron chi connectivity index (χ1n) is 8.75. The molecule has 0 bridgehead atoms. The van der Waals surface area contributed by atoms with Crippen LogP contribution in [0.4, 0.5) is 0 Å². The Hall–Kier alpha value is -2.95. The summed E-state index contributed by atoms with van der Waals surface area (Å²) in [6, 6.07) is 7.48. The number of primary amides is 1. The number of nitrogens with one attached hydrogen (secondary N) is 1. The topological polar surface area (TPSA) is 88.8 Å². The fourth-order valence-electron chi connectivity index (χ4n) is 4.11.